The quantitative estimate of drug-likeness (QED) is 0.691. The van der Waals surface area contributed by atoms with Gasteiger partial charge in [-0.1, -0.05) is 30.3 Å². The Morgan fingerprint density at radius 3 is 2.80 bits per heavy atom. The Morgan fingerprint density at radius 1 is 1.13 bits per heavy atom. The molecule has 2 aromatic carbocycles. The molecule has 30 heavy (non-hydrogen) atoms. The molecule has 0 unspecified atom stereocenters. The Morgan fingerprint density at radius 2 is 1.97 bits per heavy atom. The number of nitrogens with zero attached hydrogens (tertiary/aromatic N) is 2. The summed E-state index contributed by atoms with van der Waals surface area (Å²) in [5, 5.41) is 1.25. The van der Waals surface area contributed by atoms with Gasteiger partial charge in [0.25, 0.3) is 0 Å². The first-order valence-electron chi connectivity index (χ1n) is 11.1. The highest BCUT2D eigenvalue weighted by Gasteiger charge is 2.30. The molecule has 156 valence electrons. The Kier molecular flexibility index (Phi) is 5.21. The van der Waals surface area contributed by atoms with Gasteiger partial charge in [-0.05, 0) is 50.1 Å². The molecule has 5 rings (SSSR count). The SMILES string of the molecule is CCOc1ccc([C@@H]2CCCN2CC(=O)N2CCc3[nH]c4ccccc4c3C2)cc1. The zero-order valence-electron chi connectivity index (χ0n) is 17.6. The minimum atomic E-state index is 0.240. The number of amides is 1. The first-order chi connectivity index (χ1) is 14.7. The van der Waals surface area contributed by atoms with E-state index in [1.54, 1.807) is 0 Å². The Balaban J connectivity index is 1.28. The van der Waals surface area contributed by atoms with Gasteiger partial charge < -0.3 is 14.6 Å². The van der Waals surface area contributed by atoms with Crippen LogP contribution >= 0.6 is 0 Å². The number of fused-ring (bicyclic) bond motifs is 3. The molecule has 1 fully saturated rings. The first-order valence-corrected chi connectivity index (χ1v) is 11.1. The number of nitrogens with one attached hydrogen (secondary N) is 1. The van der Waals surface area contributed by atoms with Crippen LogP contribution in [0.15, 0.2) is 48.5 Å². The van der Waals surface area contributed by atoms with E-state index >= 15 is 0 Å². The molecule has 1 aromatic heterocycles. The summed E-state index contributed by atoms with van der Waals surface area (Å²) in [6.07, 6.45) is 3.14. The van der Waals surface area contributed by atoms with Gasteiger partial charge in [-0.2, -0.15) is 0 Å². The second-order valence-electron chi connectivity index (χ2n) is 8.32. The molecule has 1 N–H and O–H groups in total. The van der Waals surface area contributed by atoms with E-state index in [2.05, 4.69) is 46.3 Å². The lowest BCUT2D eigenvalue weighted by Crippen LogP contribution is -2.42. The highest BCUT2D eigenvalue weighted by atomic mass is 16.5. The van der Waals surface area contributed by atoms with Gasteiger partial charge in [0.2, 0.25) is 5.91 Å². The minimum absolute atomic E-state index is 0.240. The van der Waals surface area contributed by atoms with E-state index in [1.807, 2.05) is 24.0 Å². The number of likely N-dealkylation sites (tertiary alicyclic amines) is 1. The van der Waals surface area contributed by atoms with E-state index in [-0.39, 0.29) is 5.91 Å². The van der Waals surface area contributed by atoms with E-state index < -0.39 is 0 Å². The lowest BCUT2D eigenvalue weighted by atomic mass is 10.0. The molecule has 0 radical (unpaired) electrons. The number of aromatic nitrogens is 1. The Labute approximate surface area is 177 Å². The molecule has 2 aliphatic rings. The van der Waals surface area contributed by atoms with Crippen molar-refractivity contribution >= 4 is 16.8 Å². The summed E-state index contributed by atoms with van der Waals surface area (Å²) in [5.41, 5.74) is 5.02. The van der Waals surface area contributed by atoms with Gasteiger partial charge in [-0.15, -0.1) is 0 Å². The molecule has 0 aliphatic carbocycles. The highest BCUT2D eigenvalue weighted by Crippen LogP contribution is 2.33. The van der Waals surface area contributed by atoms with Gasteiger partial charge >= 0.3 is 0 Å². The van der Waals surface area contributed by atoms with Crippen molar-refractivity contribution in [3.8, 4) is 5.75 Å². The topological polar surface area (TPSA) is 48.6 Å². The molecule has 2 aliphatic heterocycles. The Hall–Kier alpha value is -2.79. The van der Waals surface area contributed by atoms with Crippen LogP contribution < -0.4 is 4.74 Å². The third kappa shape index (κ3) is 3.58. The van der Waals surface area contributed by atoms with Crippen molar-refractivity contribution in [1.29, 1.82) is 0 Å². The number of hydrogen-bond donors (Lipinski definition) is 1. The van der Waals surface area contributed by atoms with Crippen LogP contribution in [0.4, 0.5) is 0 Å². The summed E-state index contributed by atoms with van der Waals surface area (Å²) < 4.78 is 5.57. The third-order valence-electron chi connectivity index (χ3n) is 6.51. The van der Waals surface area contributed by atoms with E-state index in [0.29, 0.717) is 25.7 Å². The molecule has 5 heteroatoms. The summed E-state index contributed by atoms with van der Waals surface area (Å²) in [6.45, 7) is 5.65. The number of benzene rings is 2. The largest absolute Gasteiger partial charge is 0.494 e. The van der Waals surface area contributed by atoms with Crippen molar-refractivity contribution in [2.24, 2.45) is 0 Å². The van der Waals surface area contributed by atoms with Gasteiger partial charge in [-0.25, -0.2) is 0 Å². The lowest BCUT2D eigenvalue weighted by Gasteiger charge is -2.31. The number of carbonyl (C=O) groups is 1. The molecule has 1 amide bonds. The predicted molar refractivity (Wildman–Crippen MR) is 119 cm³/mol. The van der Waals surface area contributed by atoms with Crippen LogP contribution in [0.5, 0.6) is 5.75 Å². The molecule has 0 spiro atoms. The zero-order chi connectivity index (χ0) is 20.5. The number of carbonyl (C=O) groups excluding carboxylic acids is 1. The summed E-state index contributed by atoms with van der Waals surface area (Å²) in [5.74, 6) is 1.15. The molecule has 3 aromatic rings. The van der Waals surface area contributed by atoms with Crippen LogP contribution in [0.3, 0.4) is 0 Å². The maximum absolute atomic E-state index is 13.2. The van der Waals surface area contributed by atoms with E-state index in [1.165, 1.54) is 27.7 Å². The van der Waals surface area contributed by atoms with Gasteiger partial charge in [0, 0.05) is 47.7 Å². The summed E-state index contributed by atoms with van der Waals surface area (Å²) in [6, 6.07) is 17.1. The predicted octanol–water partition coefficient (Wildman–Crippen LogP) is 4.29. The summed E-state index contributed by atoms with van der Waals surface area (Å²) in [7, 11) is 0. The highest BCUT2D eigenvalue weighted by molar-refractivity contribution is 5.86. The second-order valence-corrected chi connectivity index (χ2v) is 8.32. The molecule has 0 bridgehead atoms. The van der Waals surface area contributed by atoms with Crippen LogP contribution in [0.25, 0.3) is 10.9 Å². The van der Waals surface area contributed by atoms with Crippen LogP contribution in [0.1, 0.15) is 42.6 Å². The first kappa shape index (κ1) is 19.2. The summed E-state index contributed by atoms with van der Waals surface area (Å²) >= 11 is 0. The van der Waals surface area contributed by atoms with Gasteiger partial charge in [0.05, 0.1) is 13.2 Å². The number of rotatable bonds is 5. The maximum atomic E-state index is 13.2. The fraction of sp³-hybridized carbons (Fsp3) is 0.400. The van der Waals surface area contributed by atoms with E-state index in [0.717, 1.165) is 38.1 Å². The lowest BCUT2D eigenvalue weighted by molar-refractivity contribution is -0.133. The average Bonchev–Trinajstić information content (AvgIpc) is 3.38. The fourth-order valence-corrected chi connectivity index (χ4v) is 5.00. The number of aromatic amines is 1. The number of H-pyrrole nitrogens is 1. The van der Waals surface area contributed by atoms with Crippen molar-refractivity contribution in [2.75, 3.05) is 26.2 Å². The molecule has 0 saturated carbocycles. The molecular weight excluding hydrogens is 374 g/mol. The van der Waals surface area contributed by atoms with Crippen LogP contribution in [-0.4, -0.2) is 46.9 Å². The van der Waals surface area contributed by atoms with Crippen molar-refractivity contribution in [3.63, 3.8) is 0 Å². The number of para-hydroxylation sites is 1. The molecule has 1 atom stereocenters. The smallest absolute Gasteiger partial charge is 0.237 e. The van der Waals surface area contributed by atoms with Crippen molar-refractivity contribution < 1.29 is 9.53 Å². The Bertz CT molecular complexity index is 1040. The maximum Gasteiger partial charge on any atom is 0.237 e. The zero-order valence-corrected chi connectivity index (χ0v) is 17.6. The van der Waals surface area contributed by atoms with Crippen molar-refractivity contribution in [2.45, 2.75) is 38.8 Å². The molecule has 5 nitrogen and oxygen atoms in total. The second kappa shape index (κ2) is 8.15. The molecule has 3 heterocycles. The van der Waals surface area contributed by atoms with Crippen molar-refractivity contribution in [1.82, 2.24) is 14.8 Å². The fourth-order valence-electron chi connectivity index (χ4n) is 5.00. The number of ether oxygens (including phenoxy) is 1. The van der Waals surface area contributed by atoms with Crippen LogP contribution in [0.2, 0.25) is 0 Å². The van der Waals surface area contributed by atoms with Crippen LogP contribution in [0, 0.1) is 0 Å². The molecular formula is C25H29N3O2. The van der Waals surface area contributed by atoms with Gasteiger partial charge in [-0.3, -0.25) is 9.69 Å². The third-order valence-corrected chi connectivity index (χ3v) is 6.51. The average molecular weight is 404 g/mol. The van der Waals surface area contributed by atoms with Gasteiger partial charge in [0.15, 0.2) is 0 Å². The molecule has 1 saturated heterocycles. The number of hydrogen-bond acceptors (Lipinski definition) is 3. The summed E-state index contributed by atoms with van der Waals surface area (Å²) in [4.78, 5) is 21.1. The standard InChI is InChI=1S/C25H29N3O2/c1-2-30-19-11-9-18(10-12-19)24-8-5-14-27(24)17-25(29)28-15-13-23-21(16-28)20-6-3-4-7-22(20)26-23/h3-4,6-7,9-12,24,26H,2,5,8,13-17H2,1H3/t24-/m0/s1. The minimum Gasteiger partial charge on any atom is -0.494 e. The monoisotopic (exact) mass is 403 g/mol. The van der Waals surface area contributed by atoms with E-state index in [9.17, 15) is 4.79 Å². The van der Waals surface area contributed by atoms with Crippen LogP contribution in [-0.2, 0) is 17.8 Å². The van der Waals surface area contributed by atoms with E-state index in [4.69, 9.17) is 4.74 Å². The normalized spacial score (nSPS) is 19.2. The van der Waals surface area contributed by atoms with Crippen molar-refractivity contribution in [3.05, 3.63) is 65.4 Å². The van der Waals surface area contributed by atoms with Gasteiger partial charge in [0.1, 0.15) is 5.75 Å².